The highest BCUT2D eigenvalue weighted by Crippen LogP contribution is 2.31. The van der Waals surface area contributed by atoms with E-state index in [9.17, 15) is 19.7 Å². The molecule has 0 aliphatic heterocycles. The van der Waals surface area contributed by atoms with E-state index in [4.69, 9.17) is 9.47 Å². The van der Waals surface area contributed by atoms with Crippen molar-refractivity contribution in [2.45, 2.75) is 39.3 Å². The molecule has 0 bridgehead atoms. The van der Waals surface area contributed by atoms with Gasteiger partial charge in [-0.15, -0.1) is 0 Å². The van der Waals surface area contributed by atoms with Gasteiger partial charge in [-0.2, -0.15) is 0 Å². The topological polar surface area (TPSA) is 120 Å². The molecule has 0 spiro atoms. The van der Waals surface area contributed by atoms with E-state index < -0.39 is 28.5 Å². The number of nitrogens with one attached hydrogen (secondary N) is 2. The summed E-state index contributed by atoms with van der Waals surface area (Å²) in [6, 6.07) is 3.31. The Kier molecular flexibility index (Phi) is 6.10. The van der Waals surface area contributed by atoms with Crippen LogP contribution in [-0.4, -0.2) is 35.6 Å². The average Bonchev–Trinajstić information content (AvgIpc) is 2.45. The van der Waals surface area contributed by atoms with Crippen LogP contribution in [-0.2, 0) is 4.79 Å². The van der Waals surface area contributed by atoms with Crippen LogP contribution in [0.15, 0.2) is 18.2 Å². The van der Waals surface area contributed by atoms with E-state index in [1.807, 2.05) is 0 Å². The molecule has 0 fully saturated rings. The van der Waals surface area contributed by atoms with Crippen molar-refractivity contribution in [2.24, 2.45) is 0 Å². The van der Waals surface area contributed by atoms with Gasteiger partial charge in [0.2, 0.25) is 0 Å². The molecule has 1 aromatic carbocycles. The van der Waals surface area contributed by atoms with Crippen molar-refractivity contribution in [1.82, 2.24) is 10.6 Å². The molecule has 0 aliphatic carbocycles. The molecule has 24 heavy (non-hydrogen) atoms. The van der Waals surface area contributed by atoms with Crippen molar-refractivity contribution in [3.05, 3.63) is 28.3 Å². The summed E-state index contributed by atoms with van der Waals surface area (Å²) in [6.07, 6.45) is -1.11. The second kappa shape index (κ2) is 7.62. The zero-order chi connectivity index (χ0) is 18.5. The molecule has 2 N–H and O–H groups in total. The van der Waals surface area contributed by atoms with Gasteiger partial charge in [-0.3, -0.25) is 20.2 Å². The Morgan fingerprint density at radius 1 is 1.29 bits per heavy atom. The normalized spacial score (nSPS) is 12.0. The number of rotatable bonds is 5. The van der Waals surface area contributed by atoms with Gasteiger partial charge in [0.25, 0.3) is 5.91 Å². The maximum Gasteiger partial charge on any atom is 0.321 e. The number of hydrogen-bond donors (Lipinski definition) is 2. The van der Waals surface area contributed by atoms with Gasteiger partial charge in [0.15, 0.2) is 11.9 Å². The number of urea groups is 1. The Labute approximate surface area is 139 Å². The lowest BCUT2D eigenvalue weighted by molar-refractivity contribution is -0.386. The lowest BCUT2D eigenvalue weighted by Crippen LogP contribution is -2.50. The van der Waals surface area contributed by atoms with Gasteiger partial charge in [-0.1, -0.05) is 0 Å². The fraction of sp³-hybridized carbons (Fsp3) is 0.467. The number of carbonyl (C=O) groups is 2. The molecule has 0 heterocycles. The SMILES string of the molecule is COc1ccc(O[C@H](C)C(=O)NC(=O)NC(C)(C)C)c([N+](=O)[O-])c1. The first-order chi connectivity index (χ1) is 11.0. The van der Waals surface area contributed by atoms with Crippen molar-refractivity contribution in [3.63, 3.8) is 0 Å². The summed E-state index contributed by atoms with van der Waals surface area (Å²) in [4.78, 5) is 34.1. The van der Waals surface area contributed by atoms with Gasteiger partial charge < -0.3 is 14.8 Å². The van der Waals surface area contributed by atoms with E-state index in [0.717, 1.165) is 0 Å². The first-order valence-corrected chi connectivity index (χ1v) is 7.15. The van der Waals surface area contributed by atoms with Gasteiger partial charge >= 0.3 is 11.7 Å². The van der Waals surface area contributed by atoms with Crippen LogP contribution in [0.3, 0.4) is 0 Å². The Morgan fingerprint density at radius 2 is 1.92 bits per heavy atom. The monoisotopic (exact) mass is 339 g/mol. The smallest absolute Gasteiger partial charge is 0.321 e. The quantitative estimate of drug-likeness (QED) is 0.625. The average molecular weight is 339 g/mol. The molecule has 132 valence electrons. The second-order valence-electron chi connectivity index (χ2n) is 6.04. The van der Waals surface area contributed by atoms with Crippen LogP contribution in [0.4, 0.5) is 10.5 Å². The predicted octanol–water partition coefficient (Wildman–Crippen LogP) is 1.99. The summed E-state index contributed by atoms with van der Waals surface area (Å²) in [5.74, 6) is -0.530. The van der Waals surface area contributed by atoms with Gasteiger partial charge in [-0.05, 0) is 39.8 Å². The third-order valence-electron chi connectivity index (χ3n) is 2.76. The molecule has 1 atom stereocenters. The van der Waals surface area contributed by atoms with Crippen molar-refractivity contribution in [1.29, 1.82) is 0 Å². The van der Waals surface area contributed by atoms with Crippen LogP contribution in [0.1, 0.15) is 27.7 Å². The molecule has 1 rings (SSSR count). The maximum absolute atomic E-state index is 12.0. The summed E-state index contributed by atoms with van der Waals surface area (Å²) < 4.78 is 10.2. The van der Waals surface area contributed by atoms with E-state index in [0.29, 0.717) is 0 Å². The molecule has 0 aliphatic rings. The number of nitro groups is 1. The highest BCUT2D eigenvalue weighted by molar-refractivity contribution is 5.96. The first-order valence-electron chi connectivity index (χ1n) is 7.15. The molecule has 9 heteroatoms. The Balaban J connectivity index is 2.80. The molecule has 1 aromatic rings. The number of hydrogen-bond acceptors (Lipinski definition) is 6. The van der Waals surface area contributed by atoms with Gasteiger partial charge in [0.1, 0.15) is 5.75 Å². The Hall–Kier alpha value is -2.84. The number of nitrogens with zero attached hydrogens (tertiary/aromatic N) is 1. The third-order valence-corrected chi connectivity index (χ3v) is 2.76. The molecule has 0 aromatic heterocycles. The molecule has 0 saturated heterocycles. The summed E-state index contributed by atoms with van der Waals surface area (Å²) in [5, 5.41) is 15.8. The number of imide groups is 1. The maximum atomic E-state index is 12.0. The highest BCUT2D eigenvalue weighted by atomic mass is 16.6. The minimum atomic E-state index is -1.11. The molecular weight excluding hydrogens is 318 g/mol. The van der Waals surface area contributed by atoms with Gasteiger partial charge in [0.05, 0.1) is 18.1 Å². The van der Waals surface area contributed by atoms with E-state index >= 15 is 0 Å². The van der Waals surface area contributed by atoms with Crippen molar-refractivity contribution in [3.8, 4) is 11.5 Å². The van der Waals surface area contributed by atoms with Crippen LogP contribution in [0.2, 0.25) is 0 Å². The summed E-state index contributed by atoms with van der Waals surface area (Å²) in [5.41, 5.74) is -0.850. The number of ether oxygens (including phenoxy) is 2. The number of amides is 3. The minimum Gasteiger partial charge on any atom is -0.496 e. The Bertz CT molecular complexity index is 639. The molecule has 3 amide bonds. The largest absolute Gasteiger partial charge is 0.496 e. The number of benzene rings is 1. The molecular formula is C15H21N3O6. The molecule has 0 saturated carbocycles. The summed E-state index contributed by atoms with van der Waals surface area (Å²) in [6.45, 7) is 6.67. The van der Waals surface area contributed by atoms with Crippen molar-refractivity contribution < 1.29 is 24.0 Å². The van der Waals surface area contributed by atoms with Gasteiger partial charge in [0, 0.05) is 5.54 Å². The van der Waals surface area contributed by atoms with E-state index in [1.165, 1.54) is 32.2 Å². The zero-order valence-electron chi connectivity index (χ0n) is 14.2. The minimum absolute atomic E-state index is 0.0975. The number of methoxy groups -OCH3 is 1. The zero-order valence-corrected chi connectivity index (χ0v) is 14.2. The van der Waals surface area contributed by atoms with Crippen LogP contribution in [0.5, 0.6) is 11.5 Å². The summed E-state index contributed by atoms with van der Waals surface area (Å²) >= 11 is 0. The van der Waals surface area contributed by atoms with E-state index in [1.54, 1.807) is 20.8 Å². The van der Waals surface area contributed by atoms with Crippen LogP contribution in [0, 0.1) is 10.1 Å². The molecule has 0 radical (unpaired) electrons. The standard InChI is InChI=1S/C15H21N3O6/c1-9(13(19)16-14(20)17-15(2,3)4)24-12-7-6-10(23-5)8-11(12)18(21)22/h6-9H,1-5H3,(H2,16,17,19,20)/t9-/m1/s1. The number of carbonyl (C=O) groups excluding carboxylic acids is 2. The first kappa shape index (κ1) is 19.2. The van der Waals surface area contributed by atoms with Crippen molar-refractivity contribution >= 4 is 17.6 Å². The fourth-order valence-electron chi connectivity index (χ4n) is 1.70. The van der Waals surface area contributed by atoms with E-state index in [-0.39, 0.29) is 17.2 Å². The second-order valence-corrected chi connectivity index (χ2v) is 6.04. The fourth-order valence-corrected chi connectivity index (χ4v) is 1.70. The van der Waals surface area contributed by atoms with Gasteiger partial charge in [-0.25, -0.2) is 4.79 Å². The van der Waals surface area contributed by atoms with Crippen LogP contribution >= 0.6 is 0 Å². The van der Waals surface area contributed by atoms with E-state index in [2.05, 4.69) is 10.6 Å². The lowest BCUT2D eigenvalue weighted by atomic mass is 10.1. The number of nitro benzene ring substituents is 1. The van der Waals surface area contributed by atoms with Crippen molar-refractivity contribution in [2.75, 3.05) is 7.11 Å². The summed E-state index contributed by atoms with van der Waals surface area (Å²) in [7, 11) is 1.38. The molecule has 9 nitrogen and oxygen atoms in total. The third kappa shape index (κ3) is 5.75. The lowest BCUT2D eigenvalue weighted by Gasteiger charge is -2.21. The highest BCUT2D eigenvalue weighted by Gasteiger charge is 2.24. The molecule has 0 unspecified atom stereocenters. The predicted molar refractivity (Wildman–Crippen MR) is 86.2 cm³/mol. The van der Waals surface area contributed by atoms with Crippen LogP contribution < -0.4 is 20.1 Å². The Morgan fingerprint density at radius 3 is 2.42 bits per heavy atom. The van der Waals surface area contributed by atoms with Crippen LogP contribution in [0.25, 0.3) is 0 Å².